The normalized spacial score (nSPS) is 26.1. The van der Waals surface area contributed by atoms with Crippen molar-refractivity contribution in [3.8, 4) is 0 Å². The van der Waals surface area contributed by atoms with Crippen molar-refractivity contribution < 1.29 is 27.4 Å². The summed E-state index contributed by atoms with van der Waals surface area (Å²) in [6.07, 6.45) is -1.59. The van der Waals surface area contributed by atoms with Crippen molar-refractivity contribution >= 4 is 5.91 Å². The van der Waals surface area contributed by atoms with Crippen molar-refractivity contribution in [2.75, 3.05) is 32.8 Å². The van der Waals surface area contributed by atoms with Gasteiger partial charge in [0.05, 0.1) is 24.9 Å². The van der Waals surface area contributed by atoms with Crippen LogP contribution in [0, 0.1) is 0 Å². The highest BCUT2D eigenvalue weighted by Gasteiger charge is 2.32. The summed E-state index contributed by atoms with van der Waals surface area (Å²) in [6.45, 7) is 3.03. The summed E-state index contributed by atoms with van der Waals surface area (Å²) >= 11 is 0. The van der Waals surface area contributed by atoms with Gasteiger partial charge in [0.25, 0.3) is 0 Å². The minimum absolute atomic E-state index is 0.147. The van der Waals surface area contributed by atoms with Crippen molar-refractivity contribution in [2.24, 2.45) is 0 Å². The first-order valence-electron chi connectivity index (χ1n) is 7.67. The quantitative estimate of drug-likeness (QED) is 0.829. The summed E-state index contributed by atoms with van der Waals surface area (Å²) in [5.41, 5.74) is 0. The number of carbonyl (C=O) groups excluding carboxylic acids is 1. The third kappa shape index (κ3) is 5.40. The van der Waals surface area contributed by atoms with Gasteiger partial charge < -0.3 is 14.8 Å². The lowest BCUT2D eigenvalue weighted by molar-refractivity contribution is -0.142. The standard InChI is InChI=1S/C14H23F3N2O3/c1-10(13(20)18-9-14(15,16)17)19-5-2-11(3-6-19)22-12-4-7-21-8-12/h10-12H,2-9H2,1H3,(H,18,20)/t10-,12+/m1/s1. The number of alkyl halides is 3. The molecule has 0 aromatic rings. The molecule has 0 aliphatic carbocycles. The monoisotopic (exact) mass is 324 g/mol. The number of ether oxygens (including phenoxy) is 2. The van der Waals surface area contributed by atoms with E-state index in [0.29, 0.717) is 19.7 Å². The molecule has 0 saturated carbocycles. The zero-order chi connectivity index (χ0) is 16.2. The lowest BCUT2D eigenvalue weighted by Crippen LogP contribution is -2.50. The highest BCUT2D eigenvalue weighted by Crippen LogP contribution is 2.20. The van der Waals surface area contributed by atoms with Gasteiger partial charge in [0.2, 0.25) is 5.91 Å². The predicted molar refractivity (Wildman–Crippen MR) is 73.4 cm³/mol. The molecule has 1 amide bonds. The van der Waals surface area contributed by atoms with E-state index in [9.17, 15) is 18.0 Å². The van der Waals surface area contributed by atoms with E-state index in [1.807, 2.05) is 10.2 Å². The smallest absolute Gasteiger partial charge is 0.379 e. The van der Waals surface area contributed by atoms with E-state index in [2.05, 4.69) is 0 Å². The van der Waals surface area contributed by atoms with Crippen LogP contribution in [0.2, 0.25) is 0 Å². The maximum Gasteiger partial charge on any atom is 0.405 e. The van der Waals surface area contributed by atoms with Gasteiger partial charge in [0.1, 0.15) is 6.54 Å². The number of amides is 1. The average Bonchev–Trinajstić information content (AvgIpc) is 2.97. The molecule has 128 valence electrons. The van der Waals surface area contributed by atoms with Gasteiger partial charge in [0.15, 0.2) is 0 Å². The number of nitrogens with zero attached hydrogens (tertiary/aromatic N) is 1. The van der Waals surface area contributed by atoms with Gasteiger partial charge in [-0.15, -0.1) is 0 Å². The maximum atomic E-state index is 12.1. The Hall–Kier alpha value is -0.860. The zero-order valence-corrected chi connectivity index (χ0v) is 12.7. The first-order valence-corrected chi connectivity index (χ1v) is 7.67. The molecular formula is C14H23F3N2O3. The van der Waals surface area contributed by atoms with Crippen LogP contribution in [0.5, 0.6) is 0 Å². The molecule has 0 spiro atoms. The van der Waals surface area contributed by atoms with Gasteiger partial charge in [-0.1, -0.05) is 0 Å². The number of likely N-dealkylation sites (tertiary alicyclic amines) is 1. The molecule has 0 unspecified atom stereocenters. The first kappa shape index (κ1) is 17.5. The van der Waals surface area contributed by atoms with Crippen LogP contribution in [0.25, 0.3) is 0 Å². The molecule has 8 heteroatoms. The molecule has 5 nitrogen and oxygen atoms in total. The van der Waals surface area contributed by atoms with E-state index in [4.69, 9.17) is 9.47 Å². The fourth-order valence-corrected chi connectivity index (χ4v) is 2.79. The summed E-state index contributed by atoms with van der Waals surface area (Å²) in [6, 6.07) is -0.557. The molecule has 1 N–H and O–H groups in total. The summed E-state index contributed by atoms with van der Waals surface area (Å²) in [5, 5.41) is 1.94. The second kappa shape index (κ2) is 7.61. The first-order chi connectivity index (χ1) is 10.3. The Kier molecular flexibility index (Phi) is 6.05. The second-order valence-corrected chi connectivity index (χ2v) is 5.87. The Morgan fingerprint density at radius 2 is 2.00 bits per heavy atom. The van der Waals surface area contributed by atoms with E-state index < -0.39 is 24.7 Å². The van der Waals surface area contributed by atoms with Crippen molar-refractivity contribution in [3.05, 3.63) is 0 Å². The van der Waals surface area contributed by atoms with Gasteiger partial charge in [-0.2, -0.15) is 13.2 Å². The van der Waals surface area contributed by atoms with E-state index >= 15 is 0 Å². The molecule has 22 heavy (non-hydrogen) atoms. The van der Waals surface area contributed by atoms with Crippen LogP contribution < -0.4 is 5.32 Å². The molecule has 2 atom stereocenters. The van der Waals surface area contributed by atoms with E-state index in [-0.39, 0.29) is 12.2 Å². The molecule has 2 aliphatic rings. The topological polar surface area (TPSA) is 50.8 Å². The van der Waals surface area contributed by atoms with Gasteiger partial charge in [0, 0.05) is 19.7 Å². The van der Waals surface area contributed by atoms with Crippen molar-refractivity contribution in [2.45, 2.75) is 50.6 Å². The minimum Gasteiger partial charge on any atom is -0.379 e. The number of halogens is 3. The number of carbonyl (C=O) groups is 1. The van der Waals surface area contributed by atoms with Crippen molar-refractivity contribution in [1.29, 1.82) is 0 Å². The Balaban J connectivity index is 1.69. The number of hydrogen-bond donors (Lipinski definition) is 1. The van der Waals surface area contributed by atoms with Gasteiger partial charge >= 0.3 is 6.18 Å². The highest BCUT2D eigenvalue weighted by molar-refractivity contribution is 5.81. The summed E-state index contributed by atoms with van der Waals surface area (Å²) in [7, 11) is 0. The molecule has 2 saturated heterocycles. The number of rotatable bonds is 5. The third-order valence-corrected chi connectivity index (χ3v) is 4.14. The summed E-state index contributed by atoms with van der Waals surface area (Å²) < 4.78 is 47.5. The Bertz CT molecular complexity index is 365. The molecule has 0 bridgehead atoms. The zero-order valence-electron chi connectivity index (χ0n) is 12.7. The van der Waals surface area contributed by atoms with Crippen molar-refractivity contribution in [3.63, 3.8) is 0 Å². The Morgan fingerprint density at radius 3 is 2.55 bits per heavy atom. The second-order valence-electron chi connectivity index (χ2n) is 5.87. The number of hydrogen-bond acceptors (Lipinski definition) is 4. The Labute approximate surface area is 128 Å². The maximum absolute atomic E-state index is 12.1. The lowest BCUT2D eigenvalue weighted by atomic mass is 10.1. The molecule has 2 rings (SSSR count). The molecular weight excluding hydrogens is 301 g/mol. The molecule has 2 aliphatic heterocycles. The molecule has 0 aromatic carbocycles. The average molecular weight is 324 g/mol. The minimum atomic E-state index is -4.38. The predicted octanol–water partition coefficient (Wildman–Crippen LogP) is 1.32. The van der Waals surface area contributed by atoms with E-state index in [0.717, 1.165) is 25.9 Å². The highest BCUT2D eigenvalue weighted by atomic mass is 19.4. The van der Waals surface area contributed by atoms with E-state index in [1.165, 1.54) is 0 Å². The van der Waals surface area contributed by atoms with Crippen LogP contribution in [0.4, 0.5) is 13.2 Å². The Morgan fingerprint density at radius 1 is 1.32 bits per heavy atom. The van der Waals surface area contributed by atoms with Crippen molar-refractivity contribution in [1.82, 2.24) is 10.2 Å². The van der Waals surface area contributed by atoms with Crippen LogP contribution in [0.3, 0.4) is 0 Å². The van der Waals surface area contributed by atoms with Gasteiger partial charge in [-0.25, -0.2) is 0 Å². The lowest BCUT2D eigenvalue weighted by Gasteiger charge is -2.36. The van der Waals surface area contributed by atoms with Crippen LogP contribution in [0.15, 0.2) is 0 Å². The van der Waals surface area contributed by atoms with E-state index in [1.54, 1.807) is 6.92 Å². The van der Waals surface area contributed by atoms with Gasteiger partial charge in [-0.05, 0) is 26.2 Å². The summed E-state index contributed by atoms with van der Waals surface area (Å²) in [5.74, 6) is -0.583. The fourth-order valence-electron chi connectivity index (χ4n) is 2.79. The number of piperidine rings is 1. The molecule has 2 fully saturated rings. The third-order valence-electron chi connectivity index (χ3n) is 4.14. The van der Waals surface area contributed by atoms with Crippen LogP contribution in [-0.2, 0) is 14.3 Å². The van der Waals surface area contributed by atoms with Crippen LogP contribution in [-0.4, -0.2) is 68.1 Å². The van der Waals surface area contributed by atoms with Crippen LogP contribution in [0.1, 0.15) is 26.2 Å². The fraction of sp³-hybridized carbons (Fsp3) is 0.929. The largest absolute Gasteiger partial charge is 0.405 e. The SMILES string of the molecule is C[C@H](C(=O)NCC(F)(F)F)N1CCC(O[C@H]2CCOC2)CC1. The molecule has 0 aromatic heterocycles. The molecule has 0 radical (unpaired) electrons. The van der Waals surface area contributed by atoms with Gasteiger partial charge in [-0.3, -0.25) is 9.69 Å². The molecule has 2 heterocycles. The summed E-state index contributed by atoms with van der Waals surface area (Å²) in [4.78, 5) is 13.6. The number of nitrogens with one attached hydrogen (secondary N) is 1. The van der Waals surface area contributed by atoms with Crippen LogP contribution >= 0.6 is 0 Å².